The number of benzene rings is 1. The molecular formula is C15H19N3O2. The van der Waals surface area contributed by atoms with Crippen molar-refractivity contribution in [2.45, 2.75) is 25.8 Å². The molecule has 0 radical (unpaired) electrons. The van der Waals surface area contributed by atoms with E-state index in [-0.39, 0.29) is 11.9 Å². The normalized spacial score (nSPS) is 11.9. The number of methoxy groups -OCH3 is 1. The molecule has 0 aliphatic heterocycles. The number of carbonyl (C=O) groups excluding carboxylic acids is 1. The Morgan fingerprint density at radius 2 is 2.25 bits per heavy atom. The van der Waals surface area contributed by atoms with E-state index in [9.17, 15) is 4.79 Å². The van der Waals surface area contributed by atoms with Crippen molar-refractivity contribution in [1.82, 2.24) is 15.3 Å². The maximum Gasteiger partial charge on any atom is 0.220 e. The first-order valence-corrected chi connectivity index (χ1v) is 6.61. The van der Waals surface area contributed by atoms with Gasteiger partial charge in [0, 0.05) is 18.8 Å². The Kier molecular flexibility index (Phi) is 4.76. The predicted octanol–water partition coefficient (Wildman–Crippen LogP) is 2.23. The third-order valence-electron chi connectivity index (χ3n) is 3.12. The minimum atomic E-state index is -0.116. The summed E-state index contributed by atoms with van der Waals surface area (Å²) in [5, 5.41) is 2.92. The maximum absolute atomic E-state index is 11.9. The monoisotopic (exact) mass is 273 g/mol. The Bertz CT molecular complexity index is 552. The molecule has 0 fully saturated rings. The zero-order chi connectivity index (χ0) is 14.4. The molecule has 0 spiro atoms. The second-order valence-corrected chi connectivity index (χ2v) is 4.58. The number of ether oxygens (including phenoxy) is 1. The van der Waals surface area contributed by atoms with Gasteiger partial charge >= 0.3 is 0 Å². The number of aromatic nitrogens is 2. The summed E-state index contributed by atoms with van der Waals surface area (Å²) in [6, 6.07) is 7.62. The molecule has 20 heavy (non-hydrogen) atoms. The van der Waals surface area contributed by atoms with Gasteiger partial charge in [0.2, 0.25) is 5.91 Å². The van der Waals surface area contributed by atoms with Gasteiger partial charge in [0.05, 0.1) is 13.2 Å². The van der Waals surface area contributed by atoms with Gasteiger partial charge in [-0.1, -0.05) is 18.2 Å². The molecule has 1 aromatic carbocycles. The first kappa shape index (κ1) is 14.1. The van der Waals surface area contributed by atoms with Crippen molar-refractivity contribution in [2.24, 2.45) is 0 Å². The molecule has 0 aliphatic carbocycles. The number of aryl methyl sites for hydroxylation is 1. The SMILES string of the molecule is COc1ccccc1CCC(=O)NC(C)c1ncc[nH]1. The molecular weight excluding hydrogens is 254 g/mol. The summed E-state index contributed by atoms with van der Waals surface area (Å²) in [5.41, 5.74) is 1.04. The van der Waals surface area contributed by atoms with E-state index in [1.54, 1.807) is 19.5 Å². The average molecular weight is 273 g/mol. The quantitative estimate of drug-likeness (QED) is 0.848. The molecule has 0 saturated carbocycles. The van der Waals surface area contributed by atoms with Gasteiger partial charge in [-0.3, -0.25) is 4.79 Å². The summed E-state index contributed by atoms with van der Waals surface area (Å²) < 4.78 is 5.27. The number of hydrogen-bond donors (Lipinski definition) is 2. The van der Waals surface area contributed by atoms with E-state index in [1.807, 2.05) is 31.2 Å². The number of imidazole rings is 1. The number of carbonyl (C=O) groups is 1. The van der Waals surface area contributed by atoms with Crippen LogP contribution in [0, 0.1) is 0 Å². The van der Waals surface area contributed by atoms with Crippen LogP contribution in [0.4, 0.5) is 0 Å². The van der Waals surface area contributed by atoms with Crippen molar-refractivity contribution in [1.29, 1.82) is 0 Å². The zero-order valence-corrected chi connectivity index (χ0v) is 11.7. The molecule has 106 valence electrons. The fourth-order valence-electron chi connectivity index (χ4n) is 2.05. The van der Waals surface area contributed by atoms with Gasteiger partial charge in [0.15, 0.2) is 0 Å². The highest BCUT2D eigenvalue weighted by Crippen LogP contribution is 2.18. The Hall–Kier alpha value is -2.30. The van der Waals surface area contributed by atoms with Crippen molar-refractivity contribution in [3.63, 3.8) is 0 Å². The topological polar surface area (TPSA) is 67.0 Å². The van der Waals surface area contributed by atoms with Crippen LogP contribution in [0.3, 0.4) is 0 Å². The Labute approximate surface area is 118 Å². The van der Waals surface area contributed by atoms with Gasteiger partial charge in [-0.15, -0.1) is 0 Å². The minimum absolute atomic E-state index is 0.000180. The summed E-state index contributed by atoms with van der Waals surface area (Å²) >= 11 is 0. The highest BCUT2D eigenvalue weighted by molar-refractivity contribution is 5.76. The summed E-state index contributed by atoms with van der Waals surface area (Å²) in [7, 11) is 1.64. The van der Waals surface area contributed by atoms with Crippen molar-refractivity contribution in [2.75, 3.05) is 7.11 Å². The smallest absolute Gasteiger partial charge is 0.220 e. The van der Waals surface area contributed by atoms with Gasteiger partial charge < -0.3 is 15.0 Å². The average Bonchev–Trinajstić information content (AvgIpc) is 2.99. The second-order valence-electron chi connectivity index (χ2n) is 4.58. The molecule has 2 aromatic rings. The lowest BCUT2D eigenvalue weighted by Gasteiger charge is -2.12. The number of hydrogen-bond acceptors (Lipinski definition) is 3. The van der Waals surface area contributed by atoms with Crippen LogP contribution in [-0.2, 0) is 11.2 Å². The van der Waals surface area contributed by atoms with Gasteiger partial charge in [-0.05, 0) is 25.0 Å². The molecule has 1 unspecified atom stereocenters. The van der Waals surface area contributed by atoms with Crippen molar-refractivity contribution in [3.05, 3.63) is 48.0 Å². The second kappa shape index (κ2) is 6.75. The van der Waals surface area contributed by atoms with Crippen molar-refractivity contribution in [3.8, 4) is 5.75 Å². The molecule has 5 nitrogen and oxygen atoms in total. The number of rotatable bonds is 6. The molecule has 5 heteroatoms. The van der Waals surface area contributed by atoms with Crippen LogP contribution in [0.15, 0.2) is 36.7 Å². The van der Waals surface area contributed by atoms with E-state index in [0.29, 0.717) is 12.8 Å². The lowest BCUT2D eigenvalue weighted by Crippen LogP contribution is -2.27. The lowest BCUT2D eigenvalue weighted by molar-refractivity contribution is -0.121. The first-order chi connectivity index (χ1) is 9.70. The van der Waals surface area contributed by atoms with Crippen LogP contribution >= 0.6 is 0 Å². The molecule has 1 heterocycles. The van der Waals surface area contributed by atoms with E-state index < -0.39 is 0 Å². The van der Waals surface area contributed by atoms with E-state index >= 15 is 0 Å². The minimum Gasteiger partial charge on any atom is -0.496 e. The fourth-order valence-corrected chi connectivity index (χ4v) is 2.05. The summed E-state index contributed by atoms with van der Waals surface area (Å²) in [4.78, 5) is 19.0. The van der Waals surface area contributed by atoms with Crippen LogP contribution in [0.5, 0.6) is 5.75 Å². The highest BCUT2D eigenvalue weighted by atomic mass is 16.5. The Morgan fingerprint density at radius 3 is 2.95 bits per heavy atom. The summed E-state index contributed by atoms with van der Waals surface area (Å²) in [6.07, 6.45) is 4.49. The predicted molar refractivity (Wildman–Crippen MR) is 76.5 cm³/mol. The maximum atomic E-state index is 11.9. The molecule has 0 aliphatic rings. The molecule has 0 saturated heterocycles. The molecule has 2 rings (SSSR count). The van der Waals surface area contributed by atoms with Crippen LogP contribution in [0.25, 0.3) is 0 Å². The third-order valence-corrected chi connectivity index (χ3v) is 3.12. The molecule has 2 N–H and O–H groups in total. The van der Waals surface area contributed by atoms with E-state index in [2.05, 4.69) is 15.3 Å². The van der Waals surface area contributed by atoms with E-state index in [1.165, 1.54) is 0 Å². The summed E-state index contributed by atoms with van der Waals surface area (Å²) in [6.45, 7) is 1.90. The molecule has 1 amide bonds. The number of nitrogens with one attached hydrogen (secondary N) is 2. The van der Waals surface area contributed by atoms with Crippen LogP contribution < -0.4 is 10.1 Å². The molecule has 0 bridgehead atoms. The van der Waals surface area contributed by atoms with E-state index in [4.69, 9.17) is 4.74 Å². The van der Waals surface area contributed by atoms with E-state index in [0.717, 1.165) is 17.1 Å². The fraction of sp³-hybridized carbons (Fsp3) is 0.333. The Morgan fingerprint density at radius 1 is 1.45 bits per heavy atom. The largest absolute Gasteiger partial charge is 0.496 e. The van der Waals surface area contributed by atoms with Crippen LogP contribution in [0.1, 0.15) is 30.8 Å². The number of aromatic amines is 1. The van der Waals surface area contributed by atoms with Crippen molar-refractivity contribution >= 4 is 5.91 Å². The van der Waals surface area contributed by atoms with Crippen LogP contribution in [0.2, 0.25) is 0 Å². The highest BCUT2D eigenvalue weighted by Gasteiger charge is 2.12. The third kappa shape index (κ3) is 3.60. The van der Waals surface area contributed by atoms with Gasteiger partial charge in [-0.25, -0.2) is 4.98 Å². The molecule has 1 atom stereocenters. The lowest BCUT2D eigenvalue weighted by atomic mass is 10.1. The van der Waals surface area contributed by atoms with Crippen LogP contribution in [-0.4, -0.2) is 23.0 Å². The first-order valence-electron chi connectivity index (χ1n) is 6.61. The summed E-state index contributed by atoms with van der Waals surface area (Å²) in [5.74, 6) is 1.58. The molecule has 1 aromatic heterocycles. The Balaban J connectivity index is 1.86. The van der Waals surface area contributed by atoms with Gasteiger partial charge in [0.25, 0.3) is 0 Å². The number of nitrogens with zero attached hydrogens (tertiary/aromatic N) is 1. The van der Waals surface area contributed by atoms with Crippen molar-refractivity contribution < 1.29 is 9.53 Å². The van der Waals surface area contributed by atoms with Gasteiger partial charge in [0.1, 0.15) is 11.6 Å². The number of para-hydroxylation sites is 1. The zero-order valence-electron chi connectivity index (χ0n) is 11.7. The number of amides is 1. The van der Waals surface area contributed by atoms with Gasteiger partial charge in [-0.2, -0.15) is 0 Å². The standard InChI is InChI=1S/C15H19N3O2/c1-11(15-16-9-10-17-15)18-14(19)8-7-12-5-3-4-6-13(12)20-2/h3-6,9-11H,7-8H2,1-2H3,(H,16,17)(H,18,19). The number of H-pyrrole nitrogens is 1.